The van der Waals surface area contributed by atoms with E-state index in [-0.39, 0.29) is 12.0 Å². The van der Waals surface area contributed by atoms with Crippen molar-refractivity contribution in [2.75, 3.05) is 7.05 Å². The Morgan fingerprint density at radius 1 is 1.44 bits per heavy atom. The molecule has 88 valence electrons. The molecule has 0 aliphatic rings. The molecular weight excluding hydrogens is 270 g/mol. The molecule has 0 saturated heterocycles. The van der Waals surface area contributed by atoms with Gasteiger partial charge in [0.25, 0.3) is 0 Å². The minimum atomic E-state index is -0.213. The lowest BCUT2D eigenvalue weighted by molar-refractivity contribution is -0.147. The second-order valence-electron chi connectivity index (χ2n) is 3.48. The molecule has 0 aliphatic carbocycles. The number of carbonyl (C=O) groups excluding carboxylic acids is 1. The molecule has 0 aromatic heterocycles. The highest BCUT2D eigenvalue weighted by molar-refractivity contribution is 9.10. The zero-order chi connectivity index (χ0) is 12.0. The number of rotatable bonds is 5. The van der Waals surface area contributed by atoms with Crippen molar-refractivity contribution in [1.29, 1.82) is 0 Å². The highest BCUT2D eigenvalue weighted by Crippen LogP contribution is 2.11. The number of nitrogens with one attached hydrogen (secondary N) is 1. The van der Waals surface area contributed by atoms with Gasteiger partial charge < -0.3 is 10.1 Å². The Morgan fingerprint density at radius 3 is 2.56 bits per heavy atom. The summed E-state index contributed by atoms with van der Waals surface area (Å²) < 4.78 is 6.21. The number of esters is 1. The Morgan fingerprint density at radius 2 is 2.06 bits per heavy atom. The average Bonchev–Trinajstić information content (AvgIpc) is 2.30. The molecule has 3 nitrogen and oxygen atoms in total. The first-order valence-electron chi connectivity index (χ1n) is 5.25. The molecule has 0 heterocycles. The molecule has 1 unspecified atom stereocenters. The van der Waals surface area contributed by atoms with Crippen molar-refractivity contribution < 1.29 is 9.53 Å². The summed E-state index contributed by atoms with van der Waals surface area (Å²) in [6.45, 7) is 2.27. The lowest BCUT2D eigenvalue weighted by Crippen LogP contribution is -2.34. The SMILES string of the molecule is CCC(NC)C(=O)OCc1ccc(Br)cc1. The lowest BCUT2D eigenvalue weighted by atomic mass is 10.2. The van der Waals surface area contributed by atoms with Gasteiger partial charge >= 0.3 is 5.97 Å². The predicted molar refractivity (Wildman–Crippen MR) is 67.1 cm³/mol. The maximum Gasteiger partial charge on any atom is 0.323 e. The van der Waals surface area contributed by atoms with Crippen LogP contribution < -0.4 is 5.32 Å². The minimum absolute atomic E-state index is 0.201. The minimum Gasteiger partial charge on any atom is -0.460 e. The van der Waals surface area contributed by atoms with Crippen LogP contribution in [0.25, 0.3) is 0 Å². The van der Waals surface area contributed by atoms with E-state index in [9.17, 15) is 4.79 Å². The molecule has 0 radical (unpaired) electrons. The number of ether oxygens (including phenoxy) is 1. The number of halogens is 1. The Hall–Kier alpha value is -0.870. The normalized spacial score (nSPS) is 12.2. The van der Waals surface area contributed by atoms with E-state index in [2.05, 4.69) is 21.2 Å². The number of hydrogen-bond acceptors (Lipinski definition) is 3. The highest BCUT2D eigenvalue weighted by Gasteiger charge is 2.15. The summed E-state index contributed by atoms with van der Waals surface area (Å²) in [5.74, 6) is -0.201. The average molecular weight is 286 g/mol. The number of likely N-dealkylation sites (N-methyl/N-ethyl adjacent to an activating group) is 1. The molecule has 1 aromatic carbocycles. The molecule has 1 aromatic rings. The smallest absolute Gasteiger partial charge is 0.323 e. The summed E-state index contributed by atoms with van der Waals surface area (Å²) in [4.78, 5) is 11.6. The zero-order valence-corrected chi connectivity index (χ0v) is 11.1. The molecule has 1 N–H and O–H groups in total. The fourth-order valence-electron chi connectivity index (χ4n) is 1.32. The van der Waals surface area contributed by atoms with E-state index in [1.165, 1.54) is 0 Å². The number of hydrogen-bond donors (Lipinski definition) is 1. The van der Waals surface area contributed by atoms with Gasteiger partial charge in [-0.15, -0.1) is 0 Å². The Bertz CT molecular complexity index is 333. The van der Waals surface area contributed by atoms with Crippen LogP contribution in [0.5, 0.6) is 0 Å². The van der Waals surface area contributed by atoms with Crippen molar-refractivity contribution in [2.24, 2.45) is 0 Å². The van der Waals surface area contributed by atoms with E-state index in [0.29, 0.717) is 6.61 Å². The van der Waals surface area contributed by atoms with Crippen molar-refractivity contribution in [1.82, 2.24) is 5.32 Å². The monoisotopic (exact) mass is 285 g/mol. The van der Waals surface area contributed by atoms with Gasteiger partial charge in [0.2, 0.25) is 0 Å². The predicted octanol–water partition coefficient (Wildman–Crippen LogP) is 2.49. The van der Waals surface area contributed by atoms with Crippen LogP contribution in [0.2, 0.25) is 0 Å². The molecule has 0 spiro atoms. The molecule has 0 amide bonds. The molecule has 1 atom stereocenters. The second kappa shape index (κ2) is 6.66. The molecular formula is C12H16BrNO2. The first kappa shape index (κ1) is 13.2. The van der Waals surface area contributed by atoms with Crippen LogP contribution in [0.4, 0.5) is 0 Å². The molecule has 0 saturated carbocycles. The topological polar surface area (TPSA) is 38.3 Å². The first-order valence-corrected chi connectivity index (χ1v) is 6.05. The van der Waals surface area contributed by atoms with Crippen LogP contribution in [0, 0.1) is 0 Å². The fourth-order valence-corrected chi connectivity index (χ4v) is 1.59. The standard InChI is InChI=1S/C12H16BrNO2/c1-3-11(14-2)12(15)16-8-9-4-6-10(13)7-5-9/h4-7,11,14H,3,8H2,1-2H3. The number of carbonyl (C=O) groups is 1. The maximum atomic E-state index is 11.6. The third-order valence-corrected chi connectivity index (χ3v) is 2.86. The van der Waals surface area contributed by atoms with Crippen LogP contribution in [-0.2, 0) is 16.1 Å². The summed E-state index contributed by atoms with van der Waals surface area (Å²) in [7, 11) is 1.76. The van der Waals surface area contributed by atoms with E-state index < -0.39 is 0 Å². The van der Waals surface area contributed by atoms with Gasteiger partial charge in [0.15, 0.2) is 0 Å². The van der Waals surface area contributed by atoms with Crippen molar-refractivity contribution in [3.05, 3.63) is 34.3 Å². The molecule has 0 fully saturated rings. The van der Waals surface area contributed by atoms with Gasteiger partial charge in [-0.25, -0.2) is 0 Å². The van der Waals surface area contributed by atoms with Crippen LogP contribution in [-0.4, -0.2) is 19.1 Å². The maximum absolute atomic E-state index is 11.6. The Kier molecular flexibility index (Phi) is 5.49. The highest BCUT2D eigenvalue weighted by atomic mass is 79.9. The van der Waals surface area contributed by atoms with Crippen molar-refractivity contribution in [3.8, 4) is 0 Å². The second-order valence-corrected chi connectivity index (χ2v) is 4.40. The van der Waals surface area contributed by atoms with E-state index in [4.69, 9.17) is 4.74 Å². The van der Waals surface area contributed by atoms with E-state index in [0.717, 1.165) is 16.5 Å². The van der Waals surface area contributed by atoms with Gasteiger partial charge in [0, 0.05) is 4.47 Å². The summed E-state index contributed by atoms with van der Waals surface area (Å²) in [6, 6.07) is 7.50. The quantitative estimate of drug-likeness (QED) is 0.845. The third kappa shape index (κ3) is 3.94. The first-order chi connectivity index (χ1) is 7.67. The van der Waals surface area contributed by atoms with Gasteiger partial charge in [0.1, 0.15) is 12.6 Å². The van der Waals surface area contributed by atoms with Crippen LogP contribution in [0.15, 0.2) is 28.7 Å². The van der Waals surface area contributed by atoms with E-state index in [1.54, 1.807) is 7.05 Å². The van der Waals surface area contributed by atoms with Crippen molar-refractivity contribution in [2.45, 2.75) is 26.0 Å². The van der Waals surface area contributed by atoms with Crippen LogP contribution in [0.3, 0.4) is 0 Å². The molecule has 0 aliphatic heterocycles. The summed E-state index contributed by atoms with van der Waals surface area (Å²) in [5.41, 5.74) is 0.988. The fraction of sp³-hybridized carbons (Fsp3) is 0.417. The van der Waals surface area contributed by atoms with E-state index in [1.807, 2.05) is 31.2 Å². The lowest BCUT2D eigenvalue weighted by Gasteiger charge is -2.12. The largest absolute Gasteiger partial charge is 0.460 e. The Balaban J connectivity index is 2.45. The molecule has 16 heavy (non-hydrogen) atoms. The van der Waals surface area contributed by atoms with Crippen molar-refractivity contribution >= 4 is 21.9 Å². The van der Waals surface area contributed by atoms with Gasteiger partial charge in [-0.1, -0.05) is 35.0 Å². The zero-order valence-electron chi connectivity index (χ0n) is 9.50. The van der Waals surface area contributed by atoms with Gasteiger partial charge in [-0.2, -0.15) is 0 Å². The summed E-state index contributed by atoms with van der Waals surface area (Å²) in [6.07, 6.45) is 0.732. The molecule has 1 rings (SSSR count). The number of benzene rings is 1. The van der Waals surface area contributed by atoms with Gasteiger partial charge in [-0.05, 0) is 31.2 Å². The summed E-state index contributed by atoms with van der Waals surface area (Å²) >= 11 is 3.35. The molecule has 4 heteroatoms. The van der Waals surface area contributed by atoms with Crippen LogP contribution >= 0.6 is 15.9 Å². The van der Waals surface area contributed by atoms with E-state index >= 15 is 0 Å². The molecule has 0 bridgehead atoms. The van der Waals surface area contributed by atoms with Gasteiger partial charge in [0.05, 0.1) is 0 Å². The Labute approximate surface area is 104 Å². The van der Waals surface area contributed by atoms with Gasteiger partial charge in [-0.3, -0.25) is 4.79 Å². The van der Waals surface area contributed by atoms with Crippen molar-refractivity contribution in [3.63, 3.8) is 0 Å². The third-order valence-electron chi connectivity index (χ3n) is 2.34. The van der Waals surface area contributed by atoms with Crippen LogP contribution in [0.1, 0.15) is 18.9 Å². The summed E-state index contributed by atoms with van der Waals surface area (Å²) in [5, 5.41) is 2.91.